The Bertz CT molecular complexity index is 625. The lowest BCUT2D eigenvalue weighted by atomic mass is 10.2. The van der Waals surface area contributed by atoms with Crippen molar-refractivity contribution in [1.29, 1.82) is 0 Å². The first-order valence-electron chi connectivity index (χ1n) is 5.42. The van der Waals surface area contributed by atoms with Crippen LogP contribution in [0.15, 0.2) is 22.9 Å². The average Bonchev–Trinajstić information content (AvgIpc) is 2.82. The maximum atomic E-state index is 5.39. The van der Waals surface area contributed by atoms with Gasteiger partial charge in [0.15, 0.2) is 11.5 Å². The molecular formula is C11H13BrN4O2S. The van der Waals surface area contributed by atoms with E-state index >= 15 is 0 Å². The Hall–Kier alpha value is -1.54. The molecule has 6 nitrogen and oxygen atoms in total. The fourth-order valence-electron chi connectivity index (χ4n) is 1.66. The Morgan fingerprint density at radius 3 is 2.79 bits per heavy atom. The summed E-state index contributed by atoms with van der Waals surface area (Å²) < 4.78 is 13.7. The van der Waals surface area contributed by atoms with Gasteiger partial charge in [-0.3, -0.25) is 5.10 Å². The fourth-order valence-corrected chi connectivity index (χ4v) is 2.27. The number of H-pyrrole nitrogens is 1. The van der Waals surface area contributed by atoms with Crippen LogP contribution in [-0.2, 0) is 6.54 Å². The lowest BCUT2D eigenvalue weighted by Crippen LogP contribution is -2.14. The molecule has 102 valence electrons. The van der Waals surface area contributed by atoms with Crippen molar-refractivity contribution in [1.82, 2.24) is 14.9 Å². The maximum absolute atomic E-state index is 5.39. The second-order valence-electron chi connectivity index (χ2n) is 3.63. The molecule has 0 radical (unpaired) electrons. The van der Waals surface area contributed by atoms with E-state index in [1.165, 1.54) is 0 Å². The van der Waals surface area contributed by atoms with Crippen molar-refractivity contribution in [2.45, 2.75) is 6.54 Å². The molecule has 0 spiro atoms. The number of aromatic amines is 1. The van der Waals surface area contributed by atoms with Crippen molar-refractivity contribution in [3.8, 4) is 11.5 Å². The summed E-state index contributed by atoms with van der Waals surface area (Å²) in [6.45, 7) is 0.509. The van der Waals surface area contributed by atoms with Crippen LogP contribution >= 0.6 is 28.1 Å². The zero-order valence-corrected chi connectivity index (χ0v) is 12.8. The summed E-state index contributed by atoms with van der Waals surface area (Å²) in [6.07, 6.45) is 1.57. The lowest BCUT2D eigenvalue weighted by Gasteiger charge is -2.15. The summed E-state index contributed by atoms with van der Waals surface area (Å²) >= 11 is 8.56. The van der Waals surface area contributed by atoms with Crippen LogP contribution < -0.4 is 14.9 Å². The minimum Gasteiger partial charge on any atom is -0.493 e. The van der Waals surface area contributed by atoms with Crippen LogP contribution in [-0.4, -0.2) is 29.1 Å². The number of rotatable bonds is 5. The Labute approximate surface area is 123 Å². The van der Waals surface area contributed by atoms with Gasteiger partial charge in [-0.15, -0.1) is 0 Å². The third kappa shape index (κ3) is 2.90. The number of benzene rings is 1. The number of halogens is 1. The highest BCUT2D eigenvalue weighted by Gasteiger charge is 2.13. The molecule has 0 saturated heterocycles. The van der Waals surface area contributed by atoms with Gasteiger partial charge in [0.1, 0.15) is 6.33 Å². The largest absolute Gasteiger partial charge is 0.493 e. The number of aromatic nitrogens is 3. The molecule has 0 bridgehead atoms. The molecule has 2 N–H and O–H groups in total. The quantitative estimate of drug-likeness (QED) is 0.815. The van der Waals surface area contributed by atoms with Crippen molar-refractivity contribution in [2.75, 3.05) is 19.6 Å². The summed E-state index contributed by atoms with van der Waals surface area (Å²) in [5, 5.41) is 6.50. The van der Waals surface area contributed by atoms with Crippen LogP contribution in [0, 0.1) is 4.77 Å². The molecule has 8 heteroatoms. The van der Waals surface area contributed by atoms with Gasteiger partial charge in [0, 0.05) is 10.0 Å². The smallest absolute Gasteiger partial charge is 0.214 e. The number of methoxy groups -OCH3 is 2. The lowest BCUT2D eigenvalue weighted by molar-refractivity contribution is 0.351. The predicted octanol–water partition coefficient (Wildman–Crippen LogP) is 2.46. The van der Waals surface area contributed by atoms with Gasteiger partial charge < -0.3 is 14.9 Å². The number of nitrogens with zero attached hydrogens (tertiary/aromatic N) is 2. The van der Waals surface area contributed by atoms with Gasteiger partial charge in [0.2, 0.25) is 4.77 Å². The normalized spacial score (nSPS) is 10.3. The predicted molar refractivity (Wildman–Crippen MR) is 77.7 cm³/mol. The van der Waals surface area contributed by atoms with Gasteiger partial charge in [0.05, 0.1) is 20.8 Å². The number of ether oxygens (including phenoxy) is 2. The molecule has 2 rings (SSSR count). The zero-order chi connectivity index (χ0) is 13.8. The standard InChI is InChI=1S/C11H13BrN4O2S/c1-17-9-4-3-8(12)7(10(9)18-2)5-14-16-6-13-15-11(16)19/h3-4,6,14H,5H2,1-2H3,(H,15,19). The minimum absolute atomic E-state index is 0.498. The van der Waals surface area contributed by atoms with Crippen molar-refractivity contribution in [3.05, 3.63) is 33.3 Å². The molecule has 0 aliphatic rings. The summed E-state index contributed by atoms with van der Waals surface area (Å²) in [5.74, 6) is 1.36. The second kappa shape index (κ2) is 6.07. The summed E-state index contributed by atoms with van der Waals surface area (Å²) in [7, 11) is 3.21. The highest BCUT2D eigenvalue weighted by atomic mass is 79.9. The van der Waals surface area contributed by atoms with Crippen LogP contribution in [0.25, 0.3) is 0 Å². The summed E-state index contributed by atoms with van der Waals surface area (Å²) in [6, 6.07) is 3.75. The fraction of sp³-hybridized carbons (Fsp3) is 0.273. The molecule has 1 aromatic carbocycles. The number of hydrogen-bond acceptors (Lipinski definition) is 5. The van der Waals surface area contributed by atoms with E-state index in [0.717, 1.165) is 10.0 Å². The molecular weight excluding hydrogens is 332 g/mol. The van der Waals surface area contributed by atoms with E-state index in [9.17, 15) is 0 Å². The average molecular weight is 345 g/mol. The first kappa shape index (κ1) is 13.9. The van der Waals surface area contributed by atoms with Gasteiger partial charge in [0.25, 0.3) is 0 Å². The van der Waals surface area contributed by atoms with E-state index < -0.39 is 0 Å². The summed E-state index contributed by atoms with van der Waals surface area (Å²) in [5.41, 5.74) is 4.06. The SMILES string of the molecule is COc1ccc(Br)c(CNn2cn[nH]c2=S)c1OC. The van der Waals surface area contributed by atoms with E-state index in [-0.39, 0.29) is 0 Å². The molecule has 0 aliphatic carbocycles. The maximum Gasteiger partial charge on any atom is 0.214 e. The first-order valence-corrected chi connectivity index (χ1v) is 6.62. The van der Waals surface area contributed by atoms with Gasteiger partial charge >= 0.3 is 0 Å². The van der Waals surface area contributed by atoms with Crippen molar-refractivity contribution >= 4 is 28.1 Å². The molecule has 0 amide bonds. The molecule has 0 fully saturated rings. The molecule has 19 heavy (non-hydrogen) atoms. The van der Waals surface area contributed by atoms with Crippen molar-refractivity contribution < 1.29 is 9.47 Å². The third-order valence-electron chi connectivity index (χ3n) is 2.57. The minimum atomic E-state index is 0.498. The van der Waals surface area contributed by atoms with Gasteiger partial charge in [-0.2, -0.15) is 5.10 Å². The van der Waals surface area contributed by atoms with Crippen LogP contribution in [0.1, 0.15) is 5.56 Å². The van der Waals surface area contributed by atoms with Crippen molar-refractivity contribution in [3.63, 3.8) is 0 Å². The topological polar surface area (TPSA) is 64.1 Å². The zero-order valence-electron chi connectivity index (χ0n) is 10.4. The Morgan fingerprint density at radius 1 is 1.42 bits per heavy atom. The van der Waals surface area contributed by atoms with E-state index in [1.807, 2.05) is 12.1 Å². The third-order valence-corrected chi connectivity index (χ3v) is 3.60. The highest BCUT2D eigenvalue weighted by molar-refractivity contribution is 9.10. The second-order valence-corrected chi connectivity index (χ2v) is 4.87. The molecule has 0 aliphatic heterocycles. The number of nitrogens with one attached hydrogen (secondary N) is 2. The van der Waals surface area contributed by atoms with Crippen LogP contribution in [0.4, 0.5) is 0 Å². The van der Waals surface area contributed by atoms with Gasteiger partial charge in [-0.05, 0) is 24.4 Å². The molecule has 0 unspecified atom stereocenters. The summed E-state index contributed by atoms with van der Waals surface area (Å²) in [4.78, 5) is 0. The molecule has 2 aromatic rings. The molecule has 0 saturated carbocycles. The number of hydrogen-bond donors (Lipinski definition) is 2. The molecule has 1 heterocycles. The Kier molecular flexibility index (Phi) is 4.43. The monoisotopic (exact) mass is 344 g/mol. The van der Waals surface area contributed by atoms with Crippen molar-refractivity contribution in [2.24, 2.45) is 0 Å². The Balaban J connectivity index is 2.29. The molecule has 0 atom stereocenters. The molecule has 1 aromatic heterocycles. The van der Waals surface area contributed by atoms with Gasteiger partial charge in [-0.25, -0.2) is 4.68 Å². The van der Waals surface area contributed by atoms with E-state index in [1.54, 1.807) is 25.2 Å². The van der Waals surface area contributed by atoms with E-state index in [4.69, 9.17) is 21.7 Å². The highest BCUT2D eigenvalue weighted by Crippen LogP contribution is 2.35. The van der Waals surface area contributed by atoms with E-state index in [2.05, 4.69) is 31.6 Å². The van der Waals surface area contributed by atoms with Crippen LogP contribution in [0.2, 0.25) is 0 Å². The first-order chi connectivity index (χ1) is 9.17. The van der Waals surface area contributed by atoms with Crippen LogP contribution in [0.3, 0.4) is 0 Å². The van der Waals surface area contributed by atoms with Gasteiger partial charge in [-0.1, -0.05) is 15.9 Å². The van der Waals surface area contributed by atoms with Crippen LogP contribution in [0.5, 0.6) is 11.5 Å². The Morgan fingerprint density at radius 2 is 2.21 bits per heavy atom. The van der Waals surface area contributed by atoms with E-state index in [0.29, 0.717) is 22.8 Å².